The van der Waals surface area contributed by atoms with Gasteiger partial charge in [-0.3, -0.25) is 4.98 Å². The first-order valence-electron chi connectivity index (χ1n) is 13.5. The van der Waals surface area contributed by atoms with Crippen molar-refractivity contribution in [2.24, 2.45) is 0 Å². The van der Waals surface area contributed by atoms with Crippen molar-refractivity contribution in [1.29, 1.82) is 0 Å². The molecule has 0 aliphatic heterocycles. The molecular weight excluding hydrogens is 504 g/mol. The van der Waals surface area contributed by atoms with E-state index >= 15 is 0 Å². The summed E-state index contributed by atoms with van der Waals surface area (Å²) in [5.74, 6) is 0.673. The molecule has 0 aliphatic carbocycles. The predicted molar refractivity (Wildman–Crippen MR) is 164 cm³/mol. The smallest absolute Gasteiger partial charge is 0.227 e. The average Bonchev–Trinajstić information content (AvgIpc) is 3.43. The number of hydrogen-bond acceptors (Lipinski definition) is 5. The summed E-state index contributed by atoms with van der Waals surface area (Å²) in [6.07, 6.45) is 1.90. The highest BCUT2D eigenvalue weighted by Gasteiger charge is 2.17. The zero-order valence-electron chi connectivity index (χ0n) is 21.9. The molecule has 192 valence electrons. The van der Waals surface area contributed by atoms with E-state index in [9.17, 15) is 0 Å². The molecule has 0 atom stereocenters. The van der Waals surface area contributed by atoms with Crippen molar-refractivity contribution < 1.29 is 4.42 Å². The molecule has 0 radical (unpaired) electrons. The summed E-state index contributed by atoms with van der Waals surface area (Å²) in [6.45, 7) is 0. The minimum absolute atomic E-state index is 0.606. The first-order chi connectivity index (χ1) is 20.3. The molecule has 0 saturated carbocycles. The second-order valence-electron chi connectivity index (χ2n) is 9.91. The standard InChI is InChI=1S/C36H22N4O/c1-3-11-23(12-4-1)31-21-32(39-35(38-31)24-13-5-2-6-14-24)29-22-37-34(27-17-8-7-15-25(27)29)30-20-19-28-26-16-9-10-18-33(26)41-36(28)40-30/h1-22H. The molecule has 0 bridgehead atoms. The van der Waals surface area contributed by atoms with Crippen LogP contribution in [0.4, 0.5) is 0 Å². The SMILES string of the molecule is c1ccc(-c2cc(-c3cnc(-c4ccc5c(n4)oc4ccccc45)c4ccccc34)nc(-c3ccccc3)n2)cc1. The Kier molecular flexibility index (Phi) is 5.38. The summed E-state index contributed by atoms with van der Waals surface area (Å²) in [4.78, 5) is 19.8. The molecule has 8 rings (SSSR count). The van der Waals surface area contributed by atoms with Gasteiger partial charge in [0.05, 0.1) is 22.8 Å². The minimum atomic E-state index is 0.606. The number of furan rings is 1. The summed E-state index contributed by atoms with van der Waals surface area (Å²) in [6, 6.07) is 42.7. The Morgan fingerprint density at radius 1 is 0.463 bits per heavy atom. The molecular formula is C36H22N4O. The zero-order chi connectivity index (χ0) is 27.2. The lowest BCUT2D eigenvalue weighted by atomic mass is 10.00. The average molecular weight is 527 g/mol. The zero-order valence-corrected chi connectivity index (χ0v) is 21.9. The fourth-order valence-corrected chi connectivity index (χ4v) is 5.40. The summed E-state index contributed by atoms with van der Waals surface area (Å²) in [5, 5.41) is 4.09. The van der Waals surface area contributed by atoms with Gasteiger partial charge in [0.15, 0.2) is 5.82 Å². The molecule has 0 saturated heterocycles. The molecule has 0 unspecified atom stereocenters. The van der Waals surface area contributed by atoms with Crippen LogP contribution in [0.1, 0.15) is 0 Å². The summed E-state index contributed by atoms with van der Waals surface area (Å²) in [7, 11) is 0. The first kappa shape index (κ1) is 23.2. The van der Waals surface area contributed by atoms with Crippen LogP contribution in [0.25, 0.3) is 78.1 Å². The van der Waals surface area contributed by atoms with Crippen molar-refractivity contribution in [2.75, 3.05) is 0 Å². The van der Waals surface area contributed by atoms with Crippen LogP contribution in [-0.2, 0) is 0 Å². The third-order valence-corrected chi connectivity index (χ3v) is 7.39. The second kappa shape index (κ2) is 9.50. The molecule has 8 aromatic rings. The molecule has 0 N–H and O–H groups in total. The van der Waals surface area contributed by atoms with Crippen molar-refractivity contribution in [3.63, 3.8) is 0 Å². The third kappa shape index (κ3) is 4.03. The number of rotatable bonds is 4. The van der Waals surface area contributed by atoms with Crippen LogP contribution in [0.15, 0.2) is 138 Å². The Labute approximate surface area is 235 Å². The normalized spacial score (nSPS) is 11.4. The van der Waals surface area contributed by atoms with E-state index < -0.39 is 0 Å². The van der Waals surface area contributed by atoms with E-state index in [1.54, 1.807) is 0 Å². The summed E-state index contributed by atoms with van der Waals surface area (Å²) < 4.78 is 6.07. The number of pyridine rings is 2. The van der Waals surface area contributed by atoms with Crippen LogP contribution in [0.5, 0.6) is 0 Å². The van der Waals surface area contributed by atoms with Gasteiger partial charge in [-0.05, 0) is 29.7 Å². The van der Waals surface area contributed by atoms with E-state index in [0.717, 1.165) is 66.6 Å². The second-order valence-corrected chi connectivity index (χ2v) is 9.91. The predicted octanol–water partition coefficient (Wildman–Crippen LogP) is 8.99. The van der Waals surface area contributed by atoms with Crippen LogP contribution < -0.4 is 0 Å². The molecule has 0 aliphatic rings. The molecule has 5 heteroatoms. The fraction of sp³-hybridized carbons (Fsp3) is 0. The van der Waals surface area contributed by atoms with Crippen LogP contribution in [-0.4, -0.2) is 19.9 Å². The van der Waals surface area contributed by atoms with Gasteiger partial charge in [-0.25, -0.2) is 15.0 Å². The molecule has 4 heterocycles. The summed E-state index contributed by atoms with van der Waals surface area (Å²) in [5.41, 5.74) is 7.60. The highest BCUT2D eigenvalue weighted by Crippen LogP contribution is 2.36. The molecule has 5 nitrogen and oxygen atoms in total. The van der Waals surface area contributed by atoms with Crippen molar-refractivity contribution in [3.8, 4) is 45.3 Å². The van der Waals surface area contributed by atoms with E-state index in [1.807, 2.05) is 97.2 Å². The van der Waals surface area contributed by atoms with Gasteiger partial charge in [-0.15, -0.1) is 0 Å². The van der Waals surface area contributed by atoms with Crippen molar-refractivity contribution >= 4 is 32.8 Å². The molecule has 0 amide bonds. The van der Waals surface area contributed by atoms with Gasteiger partial charge >= 0.3 is 0 Å². The van der Waals surface area contributed by atoms with Crippen LogP contribution in [0, 0.1) is 0 Å². The number of para-hydroxylation sites is 1. The fourth-order valence-electron chi connectivity index (χ4n) is 5.40. The van der Waals surface area contributed by atoms with Gasteiger partial charge in [-0.1, -0.05) is 103 Å². The van der Waals surface area contributed by atoms with Crippen LogP contribution in [0.3, 0.4) is 0 Å². The molecule has 4 aromatic heterocycles. The number of nitrogens with zero attached hydrogens (tertiary/aromatic N) is 4. The third-order valence-electron chi connectivity index (χ3n) is 7.39. The lowest BCUT2D eigenvalue weighted by Crippen LogP contribution is -1.98. The van der Waals surface area contributed by atoms with Gasteiger partial charge in [-0.2, -0.15) is 0 Å². The van der Waals surface area contributed by atoms with Gasteiger partial charge < -0.3 is 4.42 Å². The van der Waals surface area contributed by atoms with E-state index in [-0.39, 0.29) is 0 Å². The number of fused-ring (bicyclic) bond motifs is 4. The minimum Gasteiger partial charge on any atom is -0.438 e. The lowest BCUT2D eigenvalue weighted by Gasteiger charge is -2.13. The Morgan fingerprint density at radius 3 is 1.93 bits per heavy atom. The van der Waals surface area contributed by atoms with Crippen molar-refractivity contribution in [2.45, 2.75) is 0 Å². The number of benzene rings is 4. The largest absolute Gasteiger partial charge is 0.438 e. The van der Waals surface area contributed by atoms with E-state index in [2.05, 4.69) is 36.4 Å². The van der Waals surface area contributed by atoms with Crippen LogP contribution >= 0.6 is 0 Å². The summed E-state index contributed by atoms with van der Waals surface area (Å²) >= 11 is 0. The first-order valence-corrected chi connectivity index (χ1v) is 13.5. The Balaban J connectivity index is 1.32. The lowest BCUT2D eigenvalue weighted by molar-refractivity contribution is 0.654. The highest BCUT2D eigenvalue weighted by molar-refractivity contribution is 6.06. The highest BCUT2D eigenvalue weighted by atomic mass is 16.3. The molecule has 0 fully saturated rings. The Morgan fingerprint density at radius 2 is 1.12 bits per heavy atom. The van der Waals surface area contributed by atoms with Gasteiger partial charge in [0, 0.05) is 39.0 Å². The topological polar surface area (TPSA) is 64.7 Å². The monoisotopic (exact) mass is 526 g/mol. The van der Waals surface area contributed by atoms with Crippen LogP contribution in [0.2, 0.25) is 0 Å². The molecule has 0 spiro atoms. The maximum absolute atomic E-state index is 6.07. The van der Waals surface area contributed by atoms with E-state index in [4.69, 9.17) is 24.4 Å². The van der Waals surface area contributed by atoms with E-state index in [0.29, 0.717) is 11.5 Å². The molecule has 4 aromatic carbocycles. The quantitative estimate of drug-likeness (QED) is 0.229. The Bertz CT molecular complexity index is 2150. The van der Waals surface area contributed by atoms with Gasteiger partial charge in [0.2, 0.25) is 5.71 Å². The van der Waals surface area contributed by atoms with Gasteiger partial charge in [0.25, 0.3) is 0 Å². The number of aromatic nitrogens is 4. The van der Waals surface area contributed by atoms with Crippen molar-refractivity contribution in [3.05, 3.63) is 134 Å². The van der Waals surface area contributed by atoms with E-state index in [1.165, 1.54) is 0 Å². The maximum Gasteiger partial charge on any atom is 0.227 e. The van der Waals surface area contributed by atoms with Gasteiger partial charge in [0.1, 0.15) is 5.58 Å². The Hall–Kier alpha value is -5.68. The number of hydrogen-bond donors (Lipinski definition) is 0. The maximum atomic E-state index is 6.07. The molecule has 41 heavy (non-hydrogen) atoms. The van der Waals surface area contributed by atoms with Crippen molar-refractivity contribution in [1.82, 2.24) is 19.9 Å².